The molecule has 0 spiro atoms. The van der Waals surface area contributed by atoms with Gasteiger partial charge in [-0.3, -0.25) is 20.2 Å². The van der Waals surface area contributed by atoms with Crippen LogP contribution >= 0.6 is 0 Å². The Hall–Kier alpha value is -3.95. The highest BCUT2D eigenvalue weighted by Crippen LogP contribution is 2.32. The van der Waals surface area contributed by atoms with Crippen molar-refractivity contribution in [2.45, 2.75) is 6.61 Å². The molecule has 2 aromatic rings. The number of non-ortho nitro benzene ring substituents is 1. The fourth-order valence-corrected chi connectivity index (χ4v) is 2.22. The molecular formula is C17H14N2O8. The average molecular weight is 374 g/mol. The van der Waals surface area contributed by atoms with Crippen LogP contribution in [0.3, 0.4) is 0 Å². The summed E-state index contributed by atoms with van der Waals surface area (Å²) in [6.07, 6.45) is 2.34. The quantitative estimate of drug-likeness (QED) is 0.422. The third-order valence-corrected chi connectivity index (χ3v) is 3.46. The number of nitro groups is 2. The number of carboxylic acid groups (broad SMARTS) is 1. The third kappa shape index (κ3) is 5.01. The Morgan fingerprint density at radius 3 is 2.41 bits per heavy atom. The summed E-state index contributed by atoms with van der Waals surface area (Å²) in [5.41, 5.74) is 0.116. The number of benzene rings is 2. The van der Waals surface area contributed by atoms with Gasteiger partial charge in [0.15, 0.2) is 5.75 Å². The van der Waals surface area contributed by atoms with Crippen LogP contribution in [0.2, 0.25) is 0 Å². The van der Waals surface area contributed by atoms with Crippen molar-refractivity contribution in [2.24, 2.45) is 0 Å². The molecule has 0 aliphatic heterocycles. The Morgan fingerprint density at radius 1 is 1.11 bits per heavy atom. The van der Waals surface area contributed by atoms with Gasteiger partial charge >= 0.3 is 11.7 Å². The first-order valence-electron chi connectivity index (χ1n) is 7.45. The number of ether oxygens (including phenoxy) is 2. The van der Waals surface area contributed by atoms with Gasteiger partial charge in [-0.25, -0.2) is 4.79 Å². The Labute approximate surface area is 152 Å². The maximum Gasteiger partial charge on any atom is 0.328 e. The molecular weight excluding hydrogens is 360 g/mol. The smallest absolute Gasteiger partial charge is 0.328 e. The first-order chi connectivity index (χ1) is 12.8. The van der Waals surface area contributed by atoms with E-state index < -0.39 is 27.2 Å². The number of aliphatic carboxylic acids is 1. The minimum Gasteiger partial charge on any atom is -0.496 e. The zero-order valence-electron chi connectivity index (χ0n) is 14.0. The standard InChI is InChI=1S/C17H14N2O8/c1-26-15-5-2-11(3-7-17(20)21)8-12(15)10-27-16-6-4-13(18(22)23)9-14(16)19(24)25/h2-9H,10H2,1H3,(H,20,21)/b7-3+. The number of carboxylic acids is 1. The molecule has 0 amide bonds. The van der Waals surface area contributed by atoms with Crippen molar-refractivity contribution >= 4 is 23.4 Å². The molecule has 0 aliphatic carbocycles. The van der Waals surface area contributed by atoms with Crippen molar-refractivity contribution in [3.8, 4) is 11.5 Å². The van der Waals surface area contributed by atoms with E-state index in [0.717, 1.165) is 24.3 Å². The summed E-state index contributed by atoms with van der Waals surface area (Å²) in [6, 6.07) is 7.91. The number of hydrogen-bond acceptors (Lipinski definition) is 7. The second-order valence-electron chi connectivity index (χ2n) is 5.20. The molecule has 2 rings (SSSR count). The van der Waals surface area contributed by atoms with Crippen LogP contribution in [0.4, 0.5) is 11.4 Å². The van der Waals surface area contributed by atoms with Crippen LogP contribution in [-0.4, -0.2) is 28.0 Å². The summed E-state index contributed by atoms with van der Waals surface area (Å²) in [6.45, 7) is -0.128. The summed E-state index contributed by atoms with van der Waals surface area (Å²) < 4.78 is 10.7. The number of carbonyl (C=O) groups is 1. The average Bonchev–Trinajstić information content (AvgIpc) is 2.64. The van der Waals surface area contributed by atoms with E-state index in [1.54, 1.807) is 18.2 Å². The van der Waals surface area contributed by atoms with E-state index in [4.69, 9.17) is 14.6 Å². The molecule has 0 bridgehead atoms. The van der Waals surface area contributed by atoms with E-state index in [9.17, 15) is 25.0 Å². The lowest BCUT2D eigenvalue weighted by molar-refractivity contribution is -0.394. The van der Waals surface area contributed by atoms with Gasteiger partial charge in [-0.15, -0.1) is 0 Å². The molecule has 0 aromatic heterocycles. The predicted octanol–water partition coefficient (Wildman–Crippen LogP) is 3.19. The van der Waals surface area contributed by atoms with Gasteiger partial charge in [-0.1, -0.05) is 6.07 Å². The molecule has 0 saturated carbocycles. The van der Waals surface area contributed by atoms with E-state index in [-0.39, 0.29) is 12.4 Å². The van der Waals surface area contributed by atoms with Gasteiger partial charge in [-0.2, -0.15) is 0 Å². The molecule has 0 unspecified atom stereocenters. The molecule has 2 aromatic carbocycles. The van der Waals surface area contributed by atoms with Crippen molar-refractivity contribution in [1.29, 1.82) is 0 Å². The number of methoxy groups -OCH3 is 1. The Bertz CT molecular complexity index is 923. The zero-order valence-corrected chi connectivity index (χ0v) is 14.0. The summed E-state index contributed by atoms with van der Waals surface area (Å²) in [4.78, 5) is 31.0. The van der Waals surface area contributed by atoms with Crippen LogP contribution in [0.5, 0.6) is 11.5 Å². The Balaban J connectivity index is 2.30. The fraction of sp³-hybridized carbons (Fsp3) is 0.118. The van der Waals surface area contributed by atoms with Crippen LogP contribution < -0.4 is 9.47 Å². The molecule has 0 radical (unpaired) electrons. The number of nitro benzene ring substituents is 2. The summed E-state index contributed by atoms with van der Waals surface area (Å²) in [5.74, 6) is -0.809. The third-order valence-electron chi connectivity index (χ3n) is 3.46. The van der Waals surface area contributed by atoms with Crippen LogP contribution in [0, 0.1) is 20.2 Å². The Kier molecular flexibility index (Phi) is 6.05. The lowest BCUT2D eigenvalue weighted by atomic mass is 10.1. The molecule has 0 saturated heterocycles. The highest BCUT2D eigenvalue weighted by Gasteiger charge is 2.21. The van der Waals surface area contributed by atoms with E-state index >= 15 is 0 Å². The van der Waals surface area contributed by atoms with Crippen molar-refractivity contribution in [1.82, 2.24) is 0 Å². The van der Waals surface area contributed by atoms with E-state index in [0.29, 0.717) is 16.9 Å². The maximum absolute atomic E-state index is 11.1. The van der Waals surface area contributed by atoms with Gasteiger partial charge in [-0.05, 0) is 29.8 Å². The highest BCUT2D eigenvalue weighted by atomic mass is 16.6. The van der Waals surface area contributed by atoms with Crippen molar-refractivity contribution in [3.63, 3.8) is 0 Å². The number of nitrogens with zero attached hydrogens (tertiary/aromatic N) is 2. The first-order valence-corrected chi connectivity index (χ1v) is 7.45. The van der Waals surface area contributed by atoms with Gasteiger partial charge < -0.3 is 14.6 Å². The minimum atomic E-state index is -1.11. The summed E-state index contributed by atoms with van der Waals surface area (Å²) in [7, 11) is 1.43. The largest absolute Gasteiger partial charge is 0.496 e. The normalized spacial score (nSPS) is 10.6. The molecule has 0 atom stereocenters. The van der Waals surface area contributed by atoms with Crippen LogP contribution in [0.15, 0.2) is 42.5 Å². The maximum atomic E-state index is 11.1. The fourth-order valence-electron chi connectivity index (χ4n) is 2.22. The van der Waals surface area contributed by atoms with E-state index in [2.05, 4.69) is 0 Å². The lowest BCUT2D eigenvalue weighted by Gasteiger charge is -2.11. The monoisotopic (exact) mass is 374 g/mol. The SMILES string of the molecule is COc1ccc(/C=C/C(=O)O)cc1COc1ccc([N+](=O)[O-])cc1[N+](=O)[O-]. The molecule has 27 heavy (non-hydrogen) atoms. The molecule has 0 aliphatic rings. The zero-order chi connectivity index (χ0) is 20.0. The molecule has 10 heteroatoms. The van der Waals surface area contributed by atoms with Crippen molar-refractivity contribution in [2.75, 3.05) is 7.11 Å². The molecule has 0 heterocycles. The lowest BCUT2D eigenvalue weighted by Crippen LogP contribution is -2.02. The predicted molar refractivity (Wildman–Crippen MR) is 93.7 cm³/mol. The van der Waals surface area contributed by atoms with Gasteiger partial charge in [0.25, 0.3) is 5.69 Å². The Morgan fingerprint density at radius 2 is 1.81 bits per heavy atom. The van der Waals surface area contributed by atoms with Gasteiger partial charge in [0.05, 0.1) is 23.0 Å². The van der Waals surface area contributed by atoms with Crippen LogP contribution in [-0.2, 0) is 11.4 Å². The van der Waals surface area contributed by atoms with E-state index in [1.807, 2.05) is 0 Å². The van der Waals surface area contributed by atoms with Gasteiger partial charge in [0, 0.05) is 17.7 Å². The van der Waals surface area contributed by atoms with Gasteiger partial charge in [0.1, 0.15) is 12.4 Å². The number of hydrogen-bond donors (Lipinski definition) is 1. The molecule has 10 nitrogen and oxygen atoms in total. The van der Waals surface area contributed by atoms with Crippen LogP contribution in [0.25, 0.3) is 6.08 Å². The number of rotatable bonds is 8. The molecule has 1 N–H and O–H groups in total. The molecule has 0 fully saturated rings. The second kappa shape index (κ2) is 8.43. The summed E-state index contributed by atoms with van der Waals surface area (Å²) >= 11 is 0. The summed E-state index contributed by atoms with van der Waals surface area (Å²) in [5, 5.41) is 30.6. The van der Waals surface area contributed by atoms with Crippen molar-refractivity contribution < 1.29 is 29.2 Å². The first kappa shape index (κ1) is 19.4. The minimum absolute atomic E-state index is 0.128. The van der Waals surface area contributed by atoms with Crippen LogP contribution in [0.1, 0.15) is 11.1 Å². The molecule has 140 valence electrons. The van der Waals surface area contributed by atoms with Crippen molar-refractivity contribution in [3.05, 3.63) is 73.8 Å². The highest BCUT2D eigenvalue weighted by molar-refractivity contribution is 5.85. The second-order valence-corrected chi connectivity index (χ2v) is 5.20. The van der Waals surface area contributed by atoms with Gasteiger partial charge in [0.2, 0.25) is 0 Å². The topological polar surface area (TPSA) is 142 Å². The van der Waals surface area contributed by atoms with E-state index in [1.165, 1.54) is 13.2 Å².